The lowest BCUT2D eigenvalue weighted by Gasteiger charge is -2.31. The highest BCUT2D eigenvalue weighted by Crippen LogP contribution is 2.47. The number of primary amides is 1. The zero-order valence-corrected chi connectivity index (χ0v) is 14.3. The van der Waals surface area contributed by atoms with Gasteiger partial charge in [0.15, 0.2) is 0 Å². The molecule has 132 valence electrons. The molecule has 3 rings (SSSR count). The monoisotopic (exact) mass is 333 g/mol. The van der Waals surface area contributed by atoms with Crippen LogP contribution in [0.3, 0.4) is 0 Å². The fourth-order valence-corrected chi connectivity index (χ4v) is 3.44. The molecular weight excluding hydrogens is 306 g/mol. The Kier molecular flexibility index (Phi) is 5.23. The third-order valence-electron chi connectivity index (χ3n) is 5.09. The lowest BCUT2D eigenvalue weighted by Crippen LogP contribution is -2.46. The number of carbonyl (C=O) groups excluding carboxylic acids is 2. The molecule has 1 saturated heterocycles. The van der Waals surface area contributed by atoms with Crippen LogP contribution < -0.4 is 11.1 Å². The van der Waals surface area contributed by atoms with Crippen LogP contribution in [-0.2, 0) is 16.0 Å². The summed E-state index contributed by atoms with van der Waals surface area (Å²) in [6.07, 6.45) is 4.04. The third-order valence-corrected chi connectivity index (χ3v) is 5.09. The molecule has 1 aromatic rings. The lowest BCUT2D eigenvalue weighted by atomic mass is 10.0. The molecule has 0 bridgehead atoms. The van der Waals surface area contributed by atoms with Gasteiger partial charge in [-0.15, -0.1) is 0 Å². The van der Waals surface area contributed by atoms with Gasteiger partial charge >= 0.3 is 0 Å². The summed E-state index contributed by atoms with van der Waals surface area (Å²) in [5.41, 5.74) is 5.21. The maximum absolute atomic E-state index is 12.1. The van der Waals surface area contributed by atoms with Crippen LogP contribution in [0.1, 0.15) is 50.0 Å². The fraction of sp³-hybridized carbons (Fsp3) is 0.667. The normalized spacial score (nSPS) is 24.7. The zero-order valence-electron chi connectivity index (χ0n) is 14.3. The Morgan fingerprint density at radius 1 is 1.33 bits per heavy atom. The van der Waals surface area contributed by atoms with E-state index in [1.54, 1.807) is 0 Å². The second kappa shape index (κ2) is 7.38. The summed E-state index contributed by atoms with van der Waals surface area (Å²) in [5.74, 6) is 3.05. The van der Waals surface area contributed by atoms with Gasteiger partial charge < -0.3 is 15.5 Å². The molecule has 2 atom stereocenters. The number of nitrogens with two attached hydrogens (primary N) is 1. The summed E-state index contributed by atoms with van der Waals surface area (Å²) >= 11 is 0. The Morgan fingerprint density at radius 3 is 2.67 bits per heavy atom. The van der Waals surface area contributed by atoms with Gasteiger partial charge in [-0.25, -0.2) is 0 Å². The topological polar surface area (TPSA) is 88.6 Å². The van der Waals surface area contributed by atoms with Crippen LogP contribution in [0.2, 0.25) is 0 Å². The Morgan fingerprint density at radius 2 is 2.04 bits per heavy atom. The standard InChI is InChI=1S/C18H27N3O3/c1-12-10-15(12)16-4-2-14(24-16)3-5-18(23)20-13-6-8-21(9-7-13)11-17(19)22/h2,4,12-13,15H,3,5-11H2,1H3,(H2,19,22)(H,20,23)/t12-,15-/m0/s1. The number of likely N-dealkylation sites (tertiary alicyclic amines) is 1. The molecule has 0 radical (unpaired) electrons. The van der Waals surface area contributed by atoms with Crippen molar-refractivity contribution in [3.05, 3.63) is 23.7 Å². The second-order valence-corrected chi connectivity index (χ2v) is 7.21. The molecule has 0 spiro atoms. The summed E-state index contributed by atoms with van der Waals surface area (Å²) in [5, 5.41) is 3.09. The van der Waals surface area contributed by atoms with Gasteiger partial charge in [0.05, 0.1) is 6.54 Å². The Balaban J connectivity index is 1.36. The van der Waals surface area contributed by atoms with Crippen molar-refractivity contribution in [3.63, 3.8) is 0 Å². The summed E-state index contributed by atoms with van der Waals surface area (Å²) in [4.78, 5) is 25.1. The van der Waals surface area contributed by atoms with Crippen LogP contribution in [0.15, 0.2) is 16.5 Å². The van der Waals surface area contributed by atoms with Crippen LogP contribution >= 0.6 is 0 Å². The molecule has 0 aromatic carbocycles. The van der Waals surface area contributed by atoms with Crippen LogP contribution in [0.25, 0.3) is 0 Å². The maximum atomic E-state index is 12.1. The molecule has 1 aliphatic carbocycles. The summed E-state index contributed by atoms with van der Waals surface area (Å²) < 4.78 is 5.84. The van der Waals surface area contributed by atoms with Gasteiger partial charge in [0.1, 0.15) is 11.5 Å². The van der Waals surface area contributed by atoms with Gasteiger partial charge in [-0.05, 0) is 37.3 Å². The first-order valence-electron chi connectivity index (χ1n) is 8.90. The Hall–Kier alpha value is -1.82. The summed E-state index contributed by atoms with van der Waals surface area (Å²) in [6, 6.07) is 4.24. The number of amides is 2. The van der Waals surface area contributed by atoms with Crippen molar-refractivity contribution >= 4 is 11.8 Å². The minimum absolute atomic E-state index is 0.0705. The van der Waals surface area contributed by atoms with E-state index >= 15 is 0 Å². The van der Waals surface area contributed by atoms with E-state index in [2.05, 4.69) is 18.3 Å². The van der Waals surface area contributed by atoms with Crippen molar-refractivity contribution in [2.45, 2.75) is 51.0 Å². The number of piperidine rings is 1. The van der Waals surface area contributed by atoms with Crippen molar-refractivity contribution in [2.24, 2.45) is 11.7 Å². The largest absolute Gasteiger partial charge is 0.466 e. The number of aryl methyl sites for hydroxylation is 1. The van der Waals surface area contributed by atoms with E-state index in [1.807, 2.05) is 11.0 Å². The van der Waals surface area contributed by atoms with E-state index in [0.29, 0.717) is 25.3 Å². The summed E-state index contributed by atoms with van der Waals surface area (Å²) in [7, 11) is 0. The first kappa shape index (κ1) is 17.0. The number of nitrogens with one attached hydrogen (secondary N) is 1. The maximum Gasteiger partial charge on any atom is 0.231 e. The SMILES string of the molecule is C[C@H]1C[C@@H]1c1ccc(CCC(=O)NC2CCN(CC(N)=O)CC2)o1. The van der Waals surface area contributed by atoms with Crippen molar-refractivity contribution in [2.75, 3.05) is 19.6 Å². The molecule has 1 aromatic heterocycles. The molecule has 2 amide bonds. The quantitative estimate of drug-likeness (QED) is 0.789. The molecule has 2 fully saturated rings. The van der Waals surface area contributed by atoms with Gasteiger partial charge in [0.2, 0.25) is 11.8 Å². The highest BCUT2D eigenvalue weighted by Gasteiger charge is 2.36. The van der Waals surface area contributed by atoms with Crippen molar-refractivity contribution < 1.29 is 14.0 Å². The number of rotatable bonds is 7. The molecule has 3 N–H and O–H groups in total. The predicted octanol–water partition coefficient (Wildman–Crippen LogP) is 1.40. The van der Waals surface area contributed by atoms with E-state index in [0.717, 1.165) is 43.4 Å². The minimum Gasteiger partial charge on any atom is -0.466 e. The zero-order chi connectivity index (χ0) is 17.1. The predicted molar refractivity (Wildman–Crippen MR) is 90.4 cm³/mol. The second-order valence-electron chi connectivity index (χ2n) is 7.21. The highest BCUT2D eigenvalue weighted by molar-refractivity contribution is 5.76. The summed E-state index contributed by atoms with van der Waals surface area (Å²) in [6.45, 7) is 4.14. The van der Waals surface area contributed by atoms with E-state index in [1.165, 1.54) is 6.42 Å². The van der Waals surface area contributed by atoms with Crippen LogP contribution in [0.4, 0.5) is 0 Å². The van der Waals surface area contributed by atoms with Gasteiger partial charge in [0, 0.05) is 37.9 Å². The smallest absolute Gasteiger partial charge is 0.231 e. The minimum atomic E-state index is -0.295. The Bertz CT molecular complexity index is 590. The van der Waals surface area contributed by atoms with Crippen molar-refractivity contribution in [3.8, 4) is 0 Å². The first-order chi connectivity index (χ1) is 11.5. The van der Waals surface area contributed by atoms with Gasteiger partial charge in [-0.1, -0.05) is 6.92 Å². The van der Waals surface area contributed by atoms with E-state index < -0.39 is 0 Å². The molecule has 24 heavy (non-hydrogen) atoms. The third kappa shape index (κ3) is 4.60. The highest BCUT2D eigenvalue weighted by atomic mass is 16.3. The molecule has 2 heterocycles. The molecule has 1 saturated carbocycles. The molecule has 2 aliphatic rings. The van der Waals surface area contributed by atoms with Gasteiger partial charge in [0.25, 0.3) is 0 Å². The average molecular weight is 333 g/mol. The molecule has 1 aliphatic heterocycles. The van der Waals surface area contributed by atoms with Crippen molar-refractivity contribution in [1.29, 1.82) is 0 Å². The number of hydrogen-bond donors (Lipinski definition) is 2. The van der Waals surface area contributed by atoms with Crippen molar-refractivity contribution in [1.82, 2.24) is 10.2 Å². The molecule has 6 heteroatoms. The molecule has 6 nitrogen and oxygen atoms in total. The van der Waals surface area contributed by atoms with Crippen LogP contribution in [-0.4, -0.2) is 42.4 Å². The van der Waals surface area contributed by atoms with Crippen LogP contribution in [0, 0.1) is 5.92 Å². The van der Waals surface area contributed by atoms with Gasteiger partial charge in [-0.2, -0.15) is 0 Å². The van der Waals surface area contributed by atoms with E-state index in [4.69, 9.17) is 10.2 Å². The van der Waals surface area contributed by atoms with E-state index in [9.17, 15) is 9.59 Å². The molecular formula is C18H27N3O3. The fourth-order valence-electron chi connectivity index (χ4n) is 3.44. The van der Waals surface area contributed by atoms with E-state index in [-0.39, 0.29) is 17.9 Å². The lowest BCUT2D eigenvalue weighted by molar-refractivity contribution is -0.123. The van der Waals surface area contributed by atoms with Crippen LogP contribution in [0.5, 0.6) is 0 Å². The number of nitrogens with zero attached hydrogens (tertiary/aromatic N) is 1. The number of carbonyl (C=O) groups is 2. The number of hydrogen-bond acceptors (Lipinski definition) is 4. The Labute approximate surface area is 142 Å². The average Bonchev–Trinajstić information content (AvgIpc) is 3.08. The first-order valence-corrected chi connectivity index (χ1v) is 8.90. The van der Waals surface area contributed by atoms with Gasteiger partial charge in [-0.3, -0.25) is 14.5 Å². The molecule has 0 unspecified atom stereocenters. The number of furan rings is 1.